The molecule has 2 heterocycles. The first kappa shape index (κ1) is 20.9. The van der Waals surface area contributed by atoms with Crippen molar-refractivity contribution in [2.45, 2.75) is 11.5 Å². The van der Waals surface area contributed by atoms with Crippen molar-refractivity contribution in [2.75, 3.05) is 4.72 Å². The van der Waals surface area contributed by atoms with Crippen molar-refractivity contribution in [3.8, 4) is 11.8 Å². The van der Waals surface area contributed by atoms with E-state index in [0.717, 1.165) is 15.1 Å². The maximum atomic E-state index is 13.1. The summed E-state index contributed by atoms with van der Waals surface area (Å²) in [6.07, 6.45) is 1.57. The number of pyridine rings is 1. The summed E-state index contributed by atoms with van der Waals surface area (Å²) in [7, 11) is -3.84. The Balaban J connectivity index is 1.36. The topological polar surface area (TPSA) is 105 Å². The molecule has 5 rings (SSSR count). The fourth-order valence-electron chi connectivity index (χ4n) is 3.37. The molecule has 0 bridgehead atoms. The quantitative estimate of drug-likeness (QED) is 0.369. The van der Waals surface area contributed by atoms with Crippen LogP contribution in [0, 0.1) is 11.3 Å². The summed E-state index contributed by atoms with van der Waals surface area (Å²) < 4.78 is 35.4. The van der Waals surface area contributed by atoms with E-state index in [0.29, 0.717) is 28.0 Å². The van der Waals surface area contributed by atoms with Gasteiger partial charge in [0.1, 0.15) is 22.3 Å². The molecule has 0 aliphatic carbocycles. The molecule has 0 amide bonds. The first-order valence-corrected chi connectivity index (χ1v) is 12.2. The average Bonchev–Trinajstić information content (AvgIpc) is 3.24. The fourth-order valence-corrected chi connectivity index (χ4v) is 5.47. The van der Waals surface area contributed by atoms with Crippen LogP contribution >= 0.6 is 11.3 Å². The first-order chi connectivity index (χ1) is 16.0. The van der Waals surface area contributed by atoms with E-state index in [9.17, 15) is 8.42 Å². The Morgan fingerprint density at radius 3 is 2.67 bits per heavy atom. The third kappa shape index (κ3) is 4.35. The molecule has 0 atom stereocenters. The average molecular weight is 473 g/mol. The van der Waals surface area contributed by atoms with E-state index in [1.54, 1.807) is 54.7 Å². The van der Waals surface area contributed by atoms with Crippen LogP contribution in [0.25, 0.3) is 21.1 Å². The van der Waals surface area contributed by atoms with Crippen LogP contribution in [0.4, 0.5) is 5.69 Å². The van der Waals surface area contributed by atoms with Crippen LogP contribution < -0.4 is 9.46 Å². The maximum Gasteiger partial charge on any atom is 0.264 e. The van der Waals surface area contributed by atoms with Gasteiger partial charge in [-0.15, -0.1) is 11.3 Å². The van der Waals surface area contributed by atoms with Crippen molar-refractivity contribution in [3.05, 3.63) is 89.6 Å². The number of aromatic nitrogens is 2. The van der Waals surface area contributed by atoms with Gasteiger partial charge in [-0.2, -0.15) is 5.26 Å². The van der Waals surface area contributed by atoms with E-state index in [1.807, 2.05) is 18.2 Å². The number of nitrogens with zero attached hydrogens (tertiary/aromatic N) is 3. The van der Waals surface area contributed by atoms with Crippen LogP contribution in [-0.4, -0.2) is 18.4 Å². The van der Waals surface area contributed by atoms with Crippen LogP contribution in [0.15, 0.2) is 83.9 Å². The van der Waals surface area contributed by atoms with Gasteiger partial charge in [-0.25, -0.2) is 13.4 Å². The number of benzene rings is 3. The zero-order valence-electron chi connectivity index (χ0n) is 17.1. The Hall–Kier alpha value is -4.00. The molecule has 0 fully saturated rings. The lowest BCUT2D eigenvalue weighted by molar-refractivity contribution is 0.306. The van der Waals surface area contributed by atoms with Crippen LogP contribution in [0.2, 0.25) is 0 Å². The van der Waals surface area contributed by atoms with Gasteiger partial charge in [0.25, 0.3) is 10.0 Å². The van der Waals surface area contributed by atoms with Gasteiger partial charge in [-0.05, 0) is 54.6 Å². The number of anilines is 1. The summed E-state index contributed by atoms with van der Waals surface area (Å²) >= 11 is 1.47. The molecule has 1 N–H and O–H groups in total. The van der Waals surface area contributed by atoms with Crippen molar-refractivity contribution < 1.29 is 13.2 Å². The highest BCUT2D eigenvalue weighted by molar-refractivity contribution is 7.93. The smallest absolute Gasteiger partial charge is 0.264 e. The lowest BCUT2D eigenvalue weighted by Crippen LogP contribution is -2.13. The van der Waals surface area contributed by atoms with Crippen molar-refractivity contribution in [1.82, 2.24) is 9.97 Å². The molecule has 0 aliphatic rings. The van der Waals surface area contributed by atoms with Crippen LogP contribution in [0.3, 0.4) is 0 Å². The molecule has 0 saturated heterocycles. The molecule has 162 valence electrons. The van der Waals surface area contributed by atoms with Crippen molar-refractivity contribution >= 4 is 48.2 Å². The van der Waals surface area contributed by atoms with E-state index < -0.39 is 10.0 Å². The minimum Gasteiger partial charge on any atom is -0.486 e. The Morgan fingerprint density at radius 1 is 1.03 bits per heavy atom. The number of rotatable bonds is 6. The standard InChI is InChI=1S/C24H16N4O3S2/c25-14-16-6-9-19(10-7-16)31-15-23-27-20-13-18(8-11-21(20)32-23)28-33(29,30)22-5-1-3-17-4-2-12-26-24(17)22/h1-13,28H,15H2. The Kier molecular flexibility index (Phi) is 5.38. The summed E-state index contributed by atoms with van der Waals surface area (Å²) in [5.74, 6) is 0.644. The van der Waals surface area contributed by atoms with Crippen LogP contribution in [-0.2, 0) is 16.6 Å². The highest BCUT2D eigenvalue weighted by atomic mass is 32.2. The number of nitriles is 1. The van der Waals surface area contributed by atoms with E-state index >= 15 is 0 Å². The SMILES string of the molecule is N#Cc1ccc(OCc2nc3cc(NS(=O)(=O)c4cccc5cccnc45)ccc3s2)cc1. The number of sulfonamides is 1. The van der Waals surface area contributed by atoms with E-state index in [4.69, 9.17) is 10.00 Å². The van der Waals surface area contributed by atoms with Crippen molar-refractivity contribution in [3.63, 3.8) is 0 Å². The number of para-hydroxylation sites is 1. The van der Waals surface area contributed by atoms with Crippen molar-refractivity contribution in [1.29, 1.82) is 5.26 Å². The van der Waals surface area contributed by atoms with Gasteiger partial charge in [0.05, 0.1) is 33.1 Å². The monoisotopic (exact) mass is 472 g/mol. The normalized spacial score (nSPS) is 11.4. The Morgan fingerprint density at radius 2 is 1.85 bits per heavy atom. The van der Waals surface area contributed by atoms with E-state index in [2.05, 4.69) is 20.8 Å². The molecule has 0 radical (unpaired) electrons. The lowest BCUT2D eigenvalue weighted by atomic mass is 10.2. The number of fused-ring (bicyclic) bond motifs is 2. The minimum absolute atomic E-state index is 0.121. The van der Waals surface area contributed by atoms with Crippen LogP contribution in [0.5, 0.6) is 5.75 Å². The number of hydrogen-bond acceptors (Lipinski definition) is 7. The lowest BCUT2D eigenvalue weighted by Gasteiger charge is -2.10. The van der Waals surface area contributed by atoms with Gasteiger partial charge in [0, 0.05) is 11.6 Å². The predicted octanol–water partition coefficient (Wildman–Crippen LogP) is 5.10. The second-order valence-corrected chi connectivity index (χ2v) is 9.92. The number of thiazole rings is 1. The second-order valence-electron chi connectivity index (χ2n) is 7.15. The first-order valence-electron chi connectivity index (χ1n) is 9.91. The molecule has 9 heteroatoms. The molecule has 0 saturated carbocycles. The zero-order valence-corrected chi connectivity index (χ0v) is 18.7. The highest BCUT2D eigenvalue weighted by Gasteiger charge is 2.19. The number of nitrogens with one attached hydrogen (secondary N) is 1. The van der Waals surface area contributed by atoms with E-state index in [1.165, 1.54) is 17.4 Å². The third-order valence-electron chi connectivity index (χ3n) is 4.92. The summed E-state index contributed by atoms with van der Waals surface area (Å²) in [6, 6.07) is 22.8. The Bertz CT molecular complexity index is 1620. The van der Waals surface area contributed by atoms with Gasteiger partial charge in [-0.3, -0.25) is 9.71 Å². The van der Waals surface area contributed by atoms with E-state index in [-0.39, 0.29) is 11.5 Å². The third-order valence-corrected chi connectivity index (χ3v) is 7.34. The second kappa shape index (κ2) is 8.50. The molecule has 5 aromatic rings. The summed E-state index contributed by atoms with van der Waals surface area (Å²) in [5.41, 5.74) is 2.08. The molecule has 33 heavy (non-hydrogen) atoms. The van der Waals surface area contributed by atoms with Gasteiger partial charge in [0.15, 0.2) is 0 Å². The zero-order chi connectivity index (χ0) is 22.8. The molecule has 2 aromatic heterocycles. The summed E-state index contributed by atoms with van der Waals surface area (Å²) in [6.45, 7) is 0.272. The Labute approximate surface area is 194 Å². The highest BCUT2D eigenvalue weighted by Crippen LogP contribution is 2.28. The minimum atomic E-state index is -3.84. The molecule has 0 aliphatic heterocycles. The van der Waals surface area contributed by atoms with Gasteiger partial charge in [-0.1, -0.05) is 18.2 Å². The molecule has 7 nitrogen and oxygen atoms in total. The van der Waals surface area contributed by atoms with Gasteiger partial charge >= 0.3 is 0 Å². The fraction of sp³-hybridized carbons (Fsp3) is 0.0417. The molecular weight excluding hydrogens is 456 g/mol. The van der Waals surface area contributed by atoms with Gasteiger partial charge < -0.3 is 4.74 Å². The number of hydrogen-bond donors (Lipinski definition) is 1. The van der Waals surface area contributed by atoms with Crippen molar-refractivity contribution in [2.24, 2.45) is 0 Å². The predicted molar refractivity (Wildman–Crippen MR) is 128 cm³/mol. The largest absolute Gasteiger partial charge is 0.486 e. The molecule has 3 aromatic carbocycles. The molecule has 0 spiro atoms. The van der Waals surface area contributed by atoms with Crippen LogP contribution in [0.1, 0.15) is 10.6 Å². The number of ether oxygens (including phenoxy) is 1. The van der Waals surface area contributed by atoms with Gasteiger partial charge in [0.2, 0.25) is 0 Å². The molecular formula is C24H16N4O3S2. The summed E-state index contributed by atoms with van der Waals surface area (Å²) in [5, 5.41) is 10.4. The molecule has 0 unspecified atom stereocenters. The summed E-state index contributed by atoms with van der Waals surface area (Å²) in [4.78, 5) is 8.93. The maximum absolute atomic E-state index is 13.1.